The second kappa shape index (κ2) is 6.05. The molecule has 1 fully saturated rings. The fourth-order valence-electron chi connectivity index (χ4n) is 1.63. The van der Waals surface area contributed by atoms with Crippen molar-refractivity contribution in [2.45, 2.75) is 37.5 Å². The molecule has 1 unspecified atom stereocenters. The van der Waals surface area contributed by atoms with E-state index < -0.39 is 0 Å². The first kappa shape index (κ1) is 12.4. The zero-order chi connectivity index (χ0) is 11.3. The highest BCUT2D eigenvalue weighted by atomic mass is 16.5. The van der Waals surface area contributed by atoms with Gasteiger partial charge in [0, 0.05) is 26.8 Å². The molecule has 0 radical (unpaired) electrons. The largest absolute Gasteiger partial charge is 0.381 e. The van der Waals surface area contributed by atoms with Crippen molar-refractivity contribution in [2.75, 3.05) is 20.8 Å². The molecule has 0 aliphatic heterocycles. The molecule has 0 saturated heterocycles. The second-order valence-corrected chi connectivity index (χ2v) is 3.89. The molecule has 0 spiro atoms. The lowest BCUT2D eigenvalue weighted by Crippen LogP contribution is -2.48. The van der Waals surface area contributed by atoms with Crippen LogP contribution in [0.2, 0.25) is 0 Å². The molecule has 5 nitrogen and oxygen atoms in total. The van der Waals surface area contributed by atoms with Gasteiger partial charge in [-0.25, -0.2) is 0 Å². The van der Waals surface area contributed by atoms with E-state index in [1.807, 2.05) is 0 Å². The van der Waals surface area contributed by atoms with Crippen molar-refractivity contribution < 1.29 is 14.3 Å². The average Bonchev–Trinajstić information content (AvgIpc) is 2.19. The first-order valence-electron chi connectivity index (χ1n) is 5.24. The molecule has 1 amide bonds. The zero-order valence-corrected chi connectivity index (χ0v) is 9.36. The van der Waals surface area contributed by atoms with Crippen LogP contribution >= 0.6 is 0 Å². The van der Waals surface area contributed by atoms with Gasteiger partial charge in [0.2, 0.25) is 5.91 Å². The van der Waals surface area contributed by atoms with Gasteiger partial charge in [0.25, 0.3) is 0 Å². The number of methoxy groups -OCH3 is 2. The van der Waals surface area contributed by atoms with Crippen molar-refractivity contribution in [3.05, 3.63) is 0 Å². The van der Waals surface area contributed by atoms with Gasteiger partial charge in [-0.1, -0.05) is 0 Å². The normalized spacial score (nSPS) is 26.9. The molecule has 0 aromatic heterocycles. The summed E-state index contributed by atoms with van der Waals surface area (Å²) in [5.74, 6) is 0.00635. The van der Waals surface area contributed by atoms with Gasteiger partial charge in [-0.05, 0) is 12.8 Å². The monoisotopic (exact) mass is 216 g/mol. The molecule has 0 aromatic rings. The van der Waals surface area contributed by atoms with E-state index in [9.17, 15) is 4.79 Å². The lowest BCUT2D eigenvalue weighted by molar-refractivity contribution is -0.125. The third kappa shape index (κ3) is 3.77. The van der Waals surface area contributed by atoms with Crippen LogP contribution in [0, 0.1) is 0 Å². The Hall–Kier alpha value is -0.650. The summed E-state index contributed by atoms with van der Waals surface area (Å²) in [5, 5.41) is 2.93. The maximum absolute atomic E-state index is 11.5. The van der Waals surface area contributed by atoms with Crippen LogP contribution in [0.25, 0.3) is 0 Å². The van der Waals surface area contributed by atoms with Crippen molar-refractivity contribution >= 4 is 5.91 Å². The van der Waals surface area contributed by atoms with E-state index in [0.717, 1.165) is 12.8 Å². The van der Waals surface area contributed by atoms with Gasteiger partial charge in [0.15, 0.2) is 0 Å². The van der Waals surface area contributed by atoms with E-state index in [1.54, 1.807) is 14.2 Å². The molecule has 1 atom stereocenters. The first-order chi connectivity index (χ1) is 7.19. The number of ether oxygens (including phenoxy) is 2. The molecule has 5 heteroatoms. The van der Waals surface area contributed by atoms with Crippen LogP contribution in [0.4, 0.5) is 0 Å². The summed E-state index contributed by atoms with van der Waals surface area (Å²) in [6.45, 7) is 0.370. The Kier molecular flexibility index (Phi) is 5.01. The summed E-state index contributed by atoms with van der Waals surface area (Å²) < 4.78 is 10.2. The number of hydrogen-bond donors (Lipinski definition) is 2. The molecule has 3 N–H and O–H groups in total. The maximum atomic E-state index is 11.5. The van der Waals surface area contributed by atoms with Crippen molar-refractivity contribution in [1.82, 2.24) is 5.32 Å². The SMILES string of the molecule is COC(CN)CC(=O)NC1CC(OC)C1. The number of nitrogens with one attached hydrogen (secondary N) is 1. The van der Waals surface area contributed by atoms with E-state index in [1.165, 1.54) is 0 Å². The predicted molar refractivity (Wildman–Crippen MR) is 56.4 cm³/mol. The number of rotatable bonds is 6. The van der Waals surface area contributed by atoms with Crippen LogP contribution < -0.4 is 11.1 Å². The lowest BCUT2D eigenvalue weighted by Gasteiger charge is -2.34. The minimum Gasteiger partial charge on any atom is -0.381 e. The van der Waals surface area contributed by atoms with E-state index >= 15 is 0 Å². The maximum Gasteiger partial charge on any atom is 0.222 e. The molecule has 0 bridgehead atoms. The van der Waals surface area contributed by atoms with Crippen molar-refractivity contribution in [3.63, 3.8) is 0 Å². The highest BCUT2D eigenvalue weighted by molar-refractivity contribution is 5.76. The van der Waals surface area contributed by atoms with Gasteiger partial charge < -0.3 is 20.5 Å². The molecule has 1 aliphatic carbocycles. The van der Waals surface area contributed by atoms with Gasteiger partial charge in [-0.15, -0.1) is 0 Å². The number of amides is 1. The van der Waals surface area contributed by atoms with Gasteiger partial charge in [-0.2, -0.15) is 0 Å². The smallest absolute Gasteiger partial charge is 0.222 e. The van der Waals surface area contributed by atoms with Gasteiger partial charge in [0.1, 0.15) is 0 Å². The minimum absolute atomic E-state index is 0.00635. The predicted octanol–water partition coefficient (Wildman–Crippen LogP) is -0.356. The third-order valence-corrected chi connectivity index (χ3v) is 2.80. The Bertz CT molecular complexity index is 201. The molecule has 0 aromatic carbocycles. The number of carbonyl (C=O) groups is 1. The van der Waals surface area contributed by atoms with Crippen LogP contribution in [0.5, 0.6) is 0 Å². The quantitative estimate of drug-likeness (QED) is 0.636. The van der Waals surface area contributed by atoms with E-state index in [0.29, 0.717) is 19.1 Å². The zero-order valence-electron chi connectivity index (χ0n) is 9.36. The summed E-state index contributed by atoms with van der Waals surface area (Å²) in [7, 11) is 3.26. The fourth-order valence-corrected chi connectivity index (χ4v) is 1.63. The molecular formula is C10H20N2O3. The first-order valence-corrected chi connectivity index (χ1v) is 5.24. The van der Waals surface area contributed by atoms with Crippen LogP contribution in [-0.2, 0) is 14.3 Å². The third-order valence-electron chi connectivity index (χ3n) is 2.80. The van der Waals surface area contributed by atoms with Crippen molar-refractivity contribution in [3.8, 4) is 0 Å². The Morgan fingerprint density at radius 3 is 2.67 bits per heavy atom. The average molecular weight is 216 g/mol. The highest BCUT2D eigenvalue weighted by Gasteiger charge is 2.30. The minimum atomic E-state index is -0.178. The molecule has 88 valence electrons. The Morgan fingerprint density at radius 1 is 1.53 bits per heavy atom. The Labute approximate surface area is 90.3 Å². The van der Waals surface area contributed by atoms with Crippen LogP contribution in [-0.4, -0.2) is 44.9 Å². The van der Waals surface area contributed by atoms with Gasteiger partial charge in [-0.3, -0.25) is 4.79 Å². The number of carbonyl (C=O) groups excluding carboxylic acids is 1. The van der Waals surface area contributed by atoms with Crippen LogP contribution in [0.1, 0.15) is 19.3 Å². The summed E-state index contributed by atoms with van der Waals surface area (Å²) in [6, 6.07) is 0.262. The van der Waals surface area contributed by atoms with Crippen molar-refractivity contribution in [2.24, 2.45) is 5.73 Å². The highest BCUT2D eigenvalue weighted by Crippen LogP contribution is 2.22. The van der Waals surface area contributed by atoms with Gasteiger partial charge in [0.05, 0.1) is 18.6 Å². The summed E-state index contributed by atoms with van der Waals surface area (Å²) in [4.78, 5) is 11.5. The summed E-state index contributed by atoms with van der Waals surface area (Å²) >= 11 is 0. The second-order valence-electron chi connectivity index (χ2n) is 3.89. The lowest BCUT2D eigenvalue weighted by atomic mass is 9.89. The van der Waals surface area contributed by atoms with E-state index in [2.05, 4.69) is 5.32 Å². The molecular weight excluding hydrogens is 196 g/mol. The number of nitrogens with two attached hydrogens (primary N) is 1. The fraction of sp³-hybridized carbons (Fsp3) is 0.900. The molecule has 1 rings (SSSR count). The molecule has 1 aliphatic rings. The summed E-state index contributed by atoms with van der Waals surface area (Å²) in [6.07, 6.45) is 2.28. The molecule has 0 heterocycles. The van der Waals surface area contributed by atoms with E-state index in [4.69, 9.17) is 15.2 Å². The Morgan fingerprint density at radius 2 is 2.20 bits per heavy atom. The summed E-state index contributed by atoms with van der Waals surface area (Å²) in [5.41, 5.74) is 5.43. The van der Waals surface area contributed by atoms with E-state index in [-0.39, 0.29) is 18.1 Å². The van der Waals surface area contributed by atoms with Crippen molar-refractivity contribution in [1.29, 1.82) is 0 Å². The standard InChI is InChI=1S/C10H20N2O3/c1-14-8-3-7(4-8)12-10(13)5-9(6-11)15-2/h7-9H,3-6,11H2,1-2H3,(H,12,13). The van der Waals surface area contributed by atoms with Crippen LogP contribution in [0.15, 0.2) is 0 Å². The van der Waals surface area contributed by atoms with Gasteiger partial charge >= 0.3 is 0 Å². The van der Waals surface area contributed by atoms with Crippen LogP contribution in [0.3, 0.4) is 0 Å². The molecule has 15 heavy (non-hydrogen) atoms. The topological polar surface area (TPSA) is 73.6 Å². The molecule has 1 saturated carbocycles. The number of hydrogen-bond acceptors (Lipinski definition) is 4. The Balaban J connectivity index is 2.14.